The topological polar surface area (TPSA) is 93.2 Å². The van der Waals surface area contributed by atoms with E-state index in [2.05, 4.69) is 16.4 Å². The van der Waals surface area contributed by atoms with Crippen LogP contribution in [0.15, 0.2) is 35.7 Å². The first-order valence-corrected chi connectivity index (χ1v) is 8.33. The molecule has 1 atom stereocenters. The van der Waals surface area contributed by atoms with Gasteiger partial charge < -0.3 is 20.5 Å². The Labute approximate surface area is 153 Å². The average molecular weight is 350 g/mol. The van der Waals surface area contributed by atoms with E-state index in [1.807, 2.05) is 19.9 Å². The molecule has 0 fully saturated rings. The normalized spacial score (nSPS) is 15.8. The van der Waals surface area contributed by atoms with Gasteiger partial charge in [-0.1, -0.05) is 6.07 Å². The molecule has 1 aromatic heterocycles. The second kappa shape index (κ2) is 7.06. The Morgan fingerprint density at radius 3 is 2.65 bits per heavy atom. The van der Waals surface area contributed by atoms with E-state index in [9.17, 15) is 5.26 Å². The molecule has 0 aliphatic carbocycles. The molecule has 2 heterocycles. The number of benzene rings is 1. The van der Waals surface area contributed by atoms with Gasteiger partial charge in [-0.3, -0.25) is 0 Å². The summed E-state index contributed by atoms with van der Waals surface area (Å²) in [6.07, 6.45) is 1.79. The van der Waals surface area contributed by atoms with Crippen LogP contribution in [0.25, 0.3) is 0 Å². The molecule has 1 aliphatic rings. The monoisotopic (exact) mass is 350 g/mol. The molecule has 26 heavy (non-hydrogen) atoms. The molecule has 1 unspecified atom stereocenters. The van der Waals surface area contributed by atoms with Gasteiger partial charge in [0.05, 0.1) is 31.5 Å². The van der Waals surface area contributed by atoms with Crippen molar-refractivity contribution in [2.75, 3.05) is 26.1 Å². The summed E-state index contributed by atoms with van der Waals surface area (Å²) >= 11 is 0. The molecule has 6 heteroatoms. The van der Waals surface area contributed by atoms with Gasteiger partial charge in [0.25, 0.3) is 0 Å². The lowest BCUT2D eigenvalue weighted by atomic mass is 9.80. The fraction of sp³-hybridized carbons (Fsp3) is 0.300. The van der Waals surface area contributed by atoms with Crippen LogP contribution in [0, 0.1) is 18.3 Å². The van der Waals surface area contributed by atoms with E-state index in [1.165, 1.54) is 0 Å². The summed E-state index contributed by atoms with van der Waals surface area (Å²) in [5, 5.41) is 12.7. The third-order valence-electron chi connectivity index (χ3n) is 4.79. The van der Waals surface area contributed by atoms with Gasteiger partial charge >= 0.3 is 0 Å². The fourth-order valence-electron chi connectivity index (χ4n) is 3.50. The number of nitriles is 1. The highest BCUT2D eigenvalue weighted by Crippen LogP contribution is 2.48. The van der Waals surface area contributed by atoms with Crippen molar-refractivity contribution < 1.29 is 9.47 Å². The van der Waals surface area contributed by atoms with Crippen LogP contribution in [-0.4, -0.2) is 25.7 Å². The molecule has 0 saturated heterocycles. The van der Waals surface area contributed by atoms with Crippen LogP contribution in [0.2, 0.25) is 0 Å². The molecule has 2 aromatic rings. The van der Waals surface area contributed by atoms with E-state index >= 15 is 0 Å². The van der Waals surface area contributed by atoms with E-state index in [-0.39, 0.29) is 5.92 Å². The van der Waals surface area contributed by atoms with Crippen LogP contribution in [-0.2, 0) is 0 Å². The maximum Gasteiger partial charge on any atom is 0.219 e. The van der Waals surface area contributed by atoms with E-state index in [1.54, 1.807) is 32.5 Å². The quantitative estimate of drug-likeness (QED) is 0.880. The molecule has 0 radical (unpaired) electrons. The van der Waals surface area contributed by atoms with Crippen LogP contribution in [0.4, 0.5) is 5.69 Å². The molecular weight excluding hydrogens is 328 g/mol. The summed E-state index contributed by atoms with van der Waals surface area (Å²) < 4.78 is 11.1. The summed E-state index contributed by atoms with van der Waals surface area (Å²) in [6, 6.07) is 7.61. The molecule has 6 nitrogen and oxygen atoms in total. The van der Waals surface area contributed by atoms with Crippen molar-refractivity contribution in [2.24, 2.45) is 5.73 Å². The van der Waals surface area contributed by atoms with E-state index < -0.39 is 0 Å². The lowest BCUT2D eigenvalue weighted by Gasteiger charge is -2.33. The fourth-order valence-corrected chi connectivity index (χ4v) is 3.50. The van der Waals surface area contributed by atoms with Crippen molar-refractivity contribution in [3.05, 3.63) is 57.9 Å². The lowest BCUT2D eigenvalue weighted by Crippen LogP contribution is -2.24. The molecule has 3 N–H and O–H groups in total. The number of nitrogens with zero attached hydrogens (tertiary/aromatic N) is 2. The van der Waals surface area contributed by atoms with Gasteiger partial charge in [0, 0.05) is 35.5 Å². The van der Waals surface area contributed by atoms with Crippen molar-refractivity contribution in [3.63, 3.8) is 0 Å². The number of nitrogens with one attached hydrogen (secondary N) is 1. The minimum atomic E-state index is -0.165. The van der Waals surface area contributed by atoms with E-state index in [0.29, 0.717) is 23.7 Å². The lowest BCUT2D eigenvalue weighted by molar-refractivity contribution is 0.389. The second-order valence-corrected chi connectivity index (χ2v) is 6.22. The standard InChI is InChI=1S/C20H22N4O2/c1-11-10-23-20(26-4)18-17(15(9-22)12(2)24-19(11)18)14-6-5-13(8-21)7-16(14)25-3/h5-7,10,17,24H,9,22H2,1-4H3. The number of rotatable bonds is 4. The van der Waals surface area contributed by atoms with Crippen molar-refractivity contribution in [2.45, 2.75) is 19.8 Å². The number of anilines is 1. The van der Waals surface area contributed by atoms with E-state index in [4.69, 9.17) is 15.2 Å². The van der Waals surface area contributed by atoms with Gasteiger partial charge in [-0.2, -0.15) is 5.26 Å². The van der Waals surface area contributed by atoms with Crippen LogP contribution < -0.4 is 20.5 Å². The molecule has 0 spiro atoms. The number of hydrogen-bond acceptors (Lipinski definition) is 6. The zero-order valence-electron chi connectivity index (χ0n) is 15.4. The summed E-state index contributed by atoms with van der Waals surface area (Å²) in [4.78, 5) is 4.45. The largest absolute Gasteiger partial charge is 0.496 e. The van der Waals surface area contributed by atoms with Gasteiger partial charge in [-0.05, 0) is 37.1 Å². The number of aromatic nitrogens is 1. The highest BCUT2D eigenvalue weighted by molar-refractivity contribution is 5.72. The third kappa shape index (κ3) is 2.76. The van der Waals surface area contributed by atoms with Crippen molar-refractivity contribution >= 4 is 5.69 Å². The minimum absolute atomic E-state index is 0.165. The van der Waals surface area contributed by atoms with Crippen molar-refractivity contribution in [1.29, 1.82) is 5.26 Å². The highest BCUT2D eigenvalue weighted by Gasteiger charge is 2.33. The number of aryl methyl sites for hydroxylation is 1. The van der Waals surface area contributed by atoms with E-state index in [0.717, 1.165) is 33.6 Å². The first-order chi connectivity index (χ1) is 12.5. The first-order valence-electron chi connectivity index (χ1n) is 8.33. The number of fused-ring (bicyclic) bond motifs is 1. The number of methoxy groups -OCH3 is 2. The zero-order valence-corrected chi connectivity index (χ0v) is 15.4. The predicted octanol–water partition coefficient (Wildman–Crippen LogP) is 3.07. The zero-order chi connectivity index (χ0) is 18.8. The minimum Gasteiger partial charge on any atom is -0.496 e. The Kier molecular flexibility index (Phi) is 4.83. The summed E-state index contributed by atoms with van der Waals surface area (Å²) in [7, 11) is 3.21. The Hall–Kier alpha value is -3.04. The SMILES string of the molecule is COc1cc(C#N)ccc1C1C(CN)=C(C)Nc2c(C)cnc(OC)c21. The van der Waals surface area contributed by atoms with Crippen molar-refractivity contribution in [3.8, 4) is 17.7 Å². The van der Waals surface area contributed by atoms with Crippen LogP contribution in [0.5, 0.6) is 11.6 Å². The molecule has 0 amide bonds. The molecule has 1 aliphatic heterocycles. The highest BCUT2D eigenvalue weighted by atomic mass is 16.5. The number of hydrogen-bond donors (Lipinski definition) is 2. The summed E-state index contributed by atoms with van der Waals surface area (Å²) in [5.41, 5.74) is 12.5. The van der Waals surface area contributed by atoms with Gasteiger partial charge in [-0.15, -0.1) is 0 Å². The van der Waals surface area contributed by atoms with Gasteiger partial charge in [0.15, 0.2) is 0 Å². The summed E-state index contributed by atoms with van der Waals surface area (Å²) in [5.74, 6) is 1.03. The predicted molar refractivity (Wildman–Crippen MR) is 100 cm³/mol. The maximum atomic E-state index is 9.20. The number of allylic oxidation sites excluding steroid dienone is 1. The Morgan fingerprint density at radius 2 is 2.04 bits per heavy atom. The van der Waals surface area contributed by atoms with Crippen LogP contribution in [0.3, 0.4) is 0 Å². The number of nitrogens with two attached hydrogens (primary N) is 1. The Bertz CT molecular complexity index is 928. The molecule has 0 bridgehead atoms. The van der Waals surface area contributed by atoms with Gasteiger partial charge in [0.1, 0.15) is 5.75 Å². The maximum absolute atomic E-state index is 9.20. The van der Waals surface area contributed by atoms with Gasteiger partial charge in [-0.25, -0.2) is 4.98 Å². The van der Waals surface area contributed by atoms with Crippen molar-refractivity contribution in [1.82, 2.24) is 4.98 Å². The average Bonchev–Trinajstić information content (AvgIpc) is 2.67. The summed E-state index contributed by atoms with van der Waals surface area (Å²) in [6.45, 7) is 4.40. The second-order valence-electron chi connectivity index (χ2n) is 6.22. The third-order valence-corrected chi connectivity index (χ3v) is 4.79. The van der Waals surface area contributed by atoms with Gasteiger partial charge in [0.2, 0.25) is 5.88 Å². The molecule has 1 aromatic carbocycles. The number of pyridine rings is 1. The van der Waals surface area contributed by atoms with Crippen LogP contribution in [0.1, 0.15) is 35.1 Å². The molecular formula is C20H22N4O2. The Morgan fingerprint density at radius 1 is 1.27 bits per heavy atom. The Balaban J connectivity index is 2.33. The molecule has 0 saturated carbocycles. The number of ether oxygens (including phenoxy) is 2. The molecule has 134 valence electrons. The van der Waals surface area contributed by atoms with Crippen LogP contribution >= 0.6 is 0 Å². The first kappa shape index (κ1) is 17.8. The molecule has 3 rings (SSSR count). The smallest absolute Gasteiger partial charge is 0.219 e.